The number of rotatable bonds is 8. The number of carbonyl (C=O) groups excluding carboxylic acids is 1. The summed E-state index contributed by atoms with van der Waals surface area (Å²) in [4.78, 5) is 25.6. The average molecular weight is 434 g/mol. The summed E-state index contributed by atoms with van der Waals surface area (Å²) in [5.41, 5.74) is 2.05. The molecule has 0 aliphatic carbocycles. The first-order valence-electron chi connectivity index (χ1n) is 10.2. The lowest BCUT2D eigenvalue weighted by molar-refractivity contribution is -0.123. The number of thiophene rings is 1. The SMILES string of the molecule is CCCc1cc(=O)oc2cc(OCC(=O)N[C@@H](c3ccccc3)c3cccs3)ccc12. The summed E-state index contributed by atoms with van der Waals surface area (Å²) in [5, 5.41) is 5.93. The van der Waals surface area contributed by atoms with Gasteiger partial charge in [-0.25, -0.2) is 4.79 Å². The molecule has 0 saturated heterocycles. The fraction of sp³-hybridized carbons (Fsp3) is 0.200. The van der Waals surface area contributed by atoms with E-state index >= 15 is 0 Å². The van der Waals surface area contributed by atoms with Gasteiger partial charge in [0.2, 0.25) is 0 Å². The molecule has 0 fully saturated rings. The van der Waals surface area contributed by atoms with Gasteiger partial charge in [-0.15, -0.1) is 11.3 Å². The number of fused-ring (bicyclic) bond motifs is 1. The molecule has 4 rings (SSSR count). The molecule has 0 unspecified atom stereocenters. The lowest BCUT2D eigenvalue weighted by Gasteiger charge is -2.18. The number of amides is 1. The molecule has 2 aromatic heterocycles. The van der Waals surface area contributed by atoms with Crippen LogP contribution in [-0.2, 0) is 11.2 Å². The first kappa shape index (κ1) is 20.9. The minimum atomic E-state index is -0.382. The predicted molar refractivity (Wildman–Crippen MR) is 123 cm³/mol. The molecule has 6 heteroatoms. The molecule has 5 nitrogen and oxygen atoms in total. The van der Waals surface area contributed by atoms with Crippen molar-refractivity contribution in [1.29, 1.82) is 0 Å². The van der Waals surface area contributed by atoms with E-state index in [-0.39, 0.29) is 24.2 Å². The minimum Gasteiger partial charge on any atom is -0.484 e. The van der Waals surface area contributed by atoms with Crippen molar-refractivity contribution in [2.45, 2.75) is 25.8 Å². The highest BCUT2D eigenvalue weighted by Gasteiger charge is 2.18. The zero-order valence-electron chi connectivity index (χ0n) is 17.2. The number of carbonyl (C=O) groups is 1. The third-order valence-electron chi connectivity index (χ3n) is 4.96. The topological polar surface area (TPSA) is 68.5 Å². The molecular formula is C25H23NO4S. The van der Waals surface area contributed by atoms with E-state index in [1.54, 1.807) is 23.5 Å². The zero-order chi connectivity index (χ0) is 21.6. The van der Waals surface area contributed by atoms with Crippen LogP contribution >= 0.6 is 11.3 Å². The summed E-state index contributed by atoms with van der Waals surface area (Å²) < 4.78 is 11.0. The van der Waals surface area contributed by atoms with Crippen LogP contribution in [0.5, 0.6) is 5.75 Å². The Balaban J connectivity index is 1.47. The number of hydrogen-bond donors (Lipinski definition) is 1. The lowest BCUT2D eigenvalue weighted by Crippen LogP contribution is -2.32. The molecule has 0 spiro atoms. The molecule has 1 atom stereocenters. The van der Waals surface area contributed by atoms with Crippen molar-refractivity contribution in [2.75, 3.05) is 6.61 Å². The third-order valence-corrected chi connectivity index (χ3v) is 5.89. The average Bonchev–Trinajstić information content (AvgIpc) is 3.31. The second-order valence-electron chi connectivity index (χ2n) is 7.21. The molecule has 0 radical (unpaired) electrons. The Labute approximate surface area is 184 Å². The van der Waals surface area contributed by atoms with Gasteiger partial charge in [0.1, 0.15) is 11.3 Å². The summed E-state index contributed by atoms with van der Waals surface area (Å²) >= 11 is 1.59. The Morgan fingerprint density at radius 2 is 1.94 bits per heavy atom. The van der Waals surface area contributed by atoms with Gasteiger partial charge in [-0.2, -0.15) is 0 Å². The number of nitrogens with one attached hydrogen (secondary N) is 1. The Morgan fingerprint density at radius 1 is 1.10 bits per heavy atom. The lowest BCUT2D eigenvalue weighted by atomic mass is 10.1. The Hall–Kier alpha value is -3.38. The van der Waals surface area contributed by atoms with Gasteiger partial charge in [-0.3, -0.25) is 4.79 Å². The number of aryl methyl sites for hydroxylation is 1. The van der Waals surface area contributed by atoms with E-state index in [9.17, 15) is 9.59 Å². The summed E-state index contributed by atoms with van der Waals surface area (Å²) in [6.07, 6.45) is 1.73. The maximum absolute atomic E-state index is 12.6. The van der Waals surface area contributed by atoms with E-state index in [0.29, 0.717) is 11.3 Å². The first-order chi connectivity index (χ1) is 15.1. The molecule has 31 heavy (non-hydrogen) atoms. The molecule has 2 aromatic carbocycles. The minimum absolute atomic E-state index is 0.140. The Morgan fingerprint density at radius 3 is 2.68 bits per heavy atom. The summed E-state index contributed by atoms with van der Waals surface area (Å²) in [7, 11) is 0. The van der Waals surface area contributed by atoms with Gasteiger partial charge in [-0.1, -0.05) is 49.7 Å². The van der Waals surface area contributed by atoms with Crippen LogP contribution in [0.3, 0.4) is 0 Å². The van der Waals surface area contributed by atoms with Crippen molar-refractivity contribution in [3.05, 3.63) is 98.5 Å². The number of hydrogen-bond acceptors (Lipinski definition) is 5. The van der Waals surface area contributed by atoms with Crippen LogP contribution in [0.15, 0.2) is 81.3 Å². The summed E-state index contributed by atoms with van der Waals surface area (Å²) in [5.74, 6) is 0.246. The Bertz CT molecular complexity index is 1220. The molecule has 1 N–H and O–H groups in total. The fourth-order valence-electron chi connectivity index (χ4n) is 3.55. The predicted octanol–water partition coefficient (Wildman–Crippen LogP) is 5.09. The molecule has 0 bridgehead atoms. The second kappa shape index (κ2) is 9.62. The van der Waals surface area contributed by atoms with Crippen LogP contribution in [0.25, 0.3) is 11.0 Å². The van der Waals surface area contributed by atoms with Crippen LogP contribution in [-0.4, -0.2) is 12.5 Å². The highest BCUT2D eigenvalue weighted by molar-refractivity contribution is 7.10. The zero-order valence-corrected chi connectivity index (χ0v) is 18.0. The summed E-state index contributed by atoms with van der Waals surface area (Å²) in [6.45, 7) is 1.93. The van der Waals surface area contributed by atoms with Crippen molar-refractivity contribution >= 4 is 28.2 Å². The van der Waals surface area contributed by atoms with Crippen molar-refractivity contribution in [3.8, 4) is 5.75 Å². The third kappa shape index (κ3) is 5.03. The number of benzene rings is 2. The normalized spacial score (nSPS) is 11.9. The van der Waals surface area contributed by atoms with Gasteiger partial charge in [0.15, 0.2) is 6.61 Å². The maximum Gasteiger partial charge on any atom is 0.336 e. The first-order valence-corrected chi connectivity index (χ1v) is 11.1. The molecule has 0 saturated carbocycles. The van der Waals surface area contributed by atoms with Crippen LogP contribution in [0.4, 0.5) is 0 Å². The fourth-order valence-corrected chi connectivity index (χ4v) is 4.35. The van der Waals surface area contributed by atoms with Crippen molar-refractivity contribution in [2.24, 2.45) is 0 Å². The van der Waals surface area contributed by atoms with E-state index in [0.717, 1.165) is 34.2 Å². The van der Waals surface area contributed by atoms with Gasteiger partial charge < -0.3 is 14.5 Å². The largest absolute Gasteiger partial charge is 0.484 e. The molecule has 0 aliphatic heterocycles. The molecule has 2 heterocycles. The van der Waals surface area contributed by atoms with E-state index < -0.39 is 0 Å². The monoisotopic (exact) mass is 433 g/mol. The van der Waals surface area contributed by atoms with Crippen molar-refractivity contribution < 1.29 is 13.9 Å². The molecular weight excluding hydrogens is 410 g/mol. The maximum atomic E-state index is 12.6. The smallest absolute Gasteiger partial charge is 0.336 e. The standard InChI is InChI=1S/C25H23NO4S/c1-2-7-18-14-24(28)30-21-15-19(11-12-20(18)21)29-16-23(27)26-25(22-10-6-13-31-22)17-8-4-3-5-9-17/h3-6,8-15,25H,2,7,16H2,1H3,(H,26,27)/t25-/m0/s1. The Kier molecular flexibility index (Phi) is 6.48. The van der Waals surface area contributed by atoms with Gasteiger partial charge in [0, 0.05) is 22.4 Å². The molecule has 0 aliphatic rings. The molecule has 1 amide bonds. The van der Waals surface area contributed by atoms with Gasteiger partial charge >= 0.3 is 5.63 Å². The van der Waals surface area contributed by atoms with Gasteiger partial charge in [0.25, 0.3) is 5.91 Å². The van der Waals surface area contributed by atoms with Crippen LogP contribution in [0.1, 0.15) is 35.4 Å². The highest BCUT2D eigenvalue weighted by atomic mass is 32.1. The second-order valence-corrected chi connectivity index (χ2v) is 8.19. The van der Waals surface area contributed by atoms with Gasteiger partial charge in [0.05, 0.1) is 6.04 Å². The van der Waals surface area contributed by atoms with Crippen molar-refractivity contribution in [3.63, 3.8) is 0 Å². The molecule has 4 aromatic rings. The number of ether oxygens (including phenoxy) is 1. The molecule has 158 valence electrons. The van der Waals surface area contributed by atoms with E-state index in [2.05, 4.69) is 12.2 Å². The quantitative estimate of drug-likeness (QED) is 0.393. The van der Waals surface area contributed by atoms with Crippen LogP contribution in [0, 0.1) is 0 Å². The summed E-state index contributed by atoms with van der Waals surface area (Å²) in [6, 6.07) is 20.4. The van der Waals surface area contributed by atoms with Crippen molar-refractivity contribution in [1.82, 2.24) is 5.32 Å². The van der Waals surface area contributed by atoms with E-state index in [1.165, 1.54) is 6.07 Å². The van der Waals surface area contributed by atoms with E-state index in [4.69, 9.17) is 9.15 Å². The van der Waals surface area contributed by atoms with Gasteiger partial charge in [-0.05, 0) is 41.1 Å². The van der Waals surface area contributed by atoms with Crippen LogP contribution in [0.2, 0.25) is 0 Å². The highest BCUT2D eigenvalue weighted by Crippen LogP contribution is 2.26. The van der Waals surface area contributed by atoms with E-state index in [1.807, 2.05) is 53.9 Å². The van der Waals surface area contributed by atoms with Crippen LogP contribution < -0.4 is 15.7 Å².